The van der Waals surface area contributed by atoms with Gasteiger partial charge in [-0.3, -0.25) is 9.98 Å². The van der Waals surface area contributed by atoms with E-state index in [1.165, 1.54) is 5.22 Å². The molecule has 0 fully saturated rings. The molecule has 3 rings (SSSR count). The number of aliphatic imine (C=N–C) groups is 1. The van der Waals surface area contributed by atoms with Crippen LogP contribution in [0, 0.1) is 5.41 Å². The Bertz CT molecular complexity index is 739. The lowest BCUT2D eigenvalue weighted by molar-refractivity contribution is 0.568. The van der Waals surface area contributed by atoms with Crippen molar-refractivity contribution < 1.29 is 0 Å². The Morgan fingerprint density at radius 2 is 2.00 bits per heavy atom. The van der Waals surface area contributed by atoms with E-state index in [4.69, 9.17) is 4.98 Å². The molecule has 0 aromatic carbocycles. The molecular weight excluding hydrogens is 258 g/mol. The zero-order chi connectivity index (χ0) is 14.9. The SMILES string of the molecule is CC1(C)C=CC=c2nc(CC3(C)C=CNC=N3)ccc2=C1. The number of nitrogens with zero attached hydrogens (tertiary/aromatic N) is 2. The van der Waals surface area contributed by atoms with Gasteiger partial charge >= 0.3 is 0 Å². The predicted molar refractivity (Wildman–Crippen MR) is 88.2 cm³/mol. The molecule has 3 heteroatoms. The summed E-state index contributed by atoms with van der Waals surface area (Å²) in [4.78, 5) is 9.33. The number of hydrogen-bond donors (Lipinski definition) is 1. The van der Waals surface area contributed by atoms with Crippen LogP contribution in [-0.2, 0) is 6.42 Å². The molecule has 0 amide bonds. The first-order valence-electron chi connectivity index (χ1n) is 7.32. The Morgan fingerprint density at radius 1 is 1.14 bits per heavy atom. The van der Waals surface area contributed by atoms with Crippen molar-refractivity contribution in [2.75, 3.05) is 0 Å². The molecule has 1 aliphatic carbocycles. The first-order chi connectivity index (χ1) is 9.96. The molecule has 0 bridgehead atoms. The molecule has 2 heterocycles. The molecular formula is C18H21N3. The molecule has 1 aliphatic heterocycles. The van der Waals surface area contributed by atoms with Gasteiger partial charge in [-0.15, -0.1) is 0 Å². The molecule has 2 aliphatic rings. The maximum atomic E-state index is 4.81. The maximum absolute atomic E-state index is 4.81. The van der Waals surface area contributed by atoms with Crippen LogP contribution in [0.3, 0.4) is 0 Å². The van der Waals surface area contributed by atoms with E-state index in [0.29, 0.717) is 0 Å². The molecule has 1 unspecified atom stereocenters. The number of aromatic nitrogens is 1. The van der Waals surface area contributed by atoms with Crippen LogP contribution in [-0.4, -0.2) is 16.9 Å². The van der Waals surface area contributed by atoms with Gasteiger partial charge in [-0.25, -0.2) is 0 Å². The molecule has 21 heavy (non-hydrogen) atoms. The average molecular weight is 279 g/mol. The Balaban J connectivity index is 1.98. The topological polar surface area (TPSA) is 37.3 Å². The van der Waals surface area contributed by atoms with Crippen molar-refractivity contribution in [3.63, 3.8) is 0 Å². The fraction of sp³-hybridized carbons (Fsp3) is 0.333. The summed E-state index contributed by atoms with van der Waals surface area (Å²) < 4.78 is 0. The van der Waals surface area contributed by atoms with Crippen LogP contribution in [0.1, 0.15) is 26.5 Å². The number of nitrogens with one attached hydrogen (secondary N) is 1. The summed E-state index contributed by atoms with van der Waals surface area (Å²) in [5.74, 6) is 0. The molecule has 3 nitrogen and oxygen atoms in total. The van der Waals surface area contributed by atoms with Crippen molar-refractivity contribution in [3.8, 4) is 0 Å². The second-order valence-electron chi connectivity index (χ2n) is 6.56. The third-order valence-corrected chi connectivity index (χ3v) is 3.83. The minimum Gasteiger partial charge on any atom is -0.353 e. The standard InChI is InChI=1S/C18H21N3/c1-17(2)8-4-5-16-14(11-17)6-7-15(21-16)12-18(3)9-10-19-13-20-18/h4-11,13H,12H2,1-3H3,(H,19,20). The minimum absolute atomic E-state index is 0.0684. The van der Waals surface area contributed by atoms with Crippen LogP contribution in [0.15, 0.2) is 41.6 Å². The smallest absolute Gasteiger partial charge is 0.0874 e. The summed E-state index contributed by atoms with van der Waals surface area (Å²) in [6.07, 6.45) is 15.2. The summed E-state index contributed by atoms with van der Waals surface area (Å²) >= 11 is 0. The van der Waals surface area contributed by atoms with E-state index < -0.39 is 0 Å². The third-order valence-electron chi connectivity index (χ3n) is 3.83. The largest absolute Gasteiger partial charge is 0.353 e. The van der Waals surface area contributed by atoms with Gasteiger partial charge in [0.1, 0.15) is 0 Å². The van der Waals surface area contributed by atoms with Gasteiger partial charge in [-0.1, -0.05) is 38.1 Å². The van der Waals surface area contributed by atoms with Gasteiger partial charge in [0.25, 0.3) is 0 Å². The quantitative estimate of drug-likeness (QED) is 0.894. The summed E-state index contributed by atoms with van der Waals surface area (Å²) in [7, 11) is 0. The van der Waals surface area contributed by atoms with Crippen molar-refractivity contribution in [1.29, 1.82) is 0 Å². The molecule has 0 saturated heterocycles. The molecule has 0 saturated carbocycles. The van der Waals surface area contributed by atoms with Crippen LogP contribution in [0.5, 0.6) is 0 Å². The summed E-state index contributed by atoms with van der Waals surface area (Å²) in [6, 6.07) is 4.28. The van der Waals surface area contributed by atoms with Crippen molar-refractivity contribution in [2.24, 2.45) is 10.4 Å². The lowest BCUT2D eigenvalue weighted by Crippen LogP contribution is -2.33. The first kappa shape index (κ1) is 13.8. The van der Waals surface area contributed by atoms with Gasteiger partial charge in [0.2, 0.25) is 0 Å². The molecule has 1 N–H and O–H groups in total. The van der Waals surface area contributed by atoms with Crippen LogP contribution in [0.25, 0.3) is 12.2 Å². The number of pyridine rings is 1. The number of hydrogen-bond acceptors (Lipinski definition) is 3. The molecule has 1 aromatic heterocycles. The lowest BCUT2D eigenvalue weighted by Gasteiger charge is -2.23. The van der Waals surface area contributed by atoms with Crippen LogP contribution < -0.4 is 15.9 Å². The third kappa shape index (κ3) is 3.13. The van der Waals surface area contributed by atoms with Crippen LogP contribution in [0.2, 0.25) is 0 Å². The molecule has 108 valence electrons. The van der Waals surface area contributed by atoms with E-state index in [9.17, 15) is 0 Å². The van der Waals surface area contributed by atoms with E-state index in [1.807, 2.05) is 6.20 Å². The average Bonchev–Trinajstić information content (AvgIpc) is 2.56. The molecule has 1 atom stereocenters. The summed E-state index contributed by atoms with van der Waals surface area (Å²) in [6.45, 7) is 6.53. The summed E-state index contributed by atoms with van der Waals surface area (Å²) in [5, 5.41) is 5.22. The number of allylic oxidation sites excluding steroid dienone is 2. The Labute approximate surface area is 125 Å². The normalized spacial score (nSPS) is 25.3. The lowest BCUT2D eigenvalue weighted by atomic mass is 9.92. The molecule has 0 radical (unpaired) electrons. The van der Waals surface area contributed by atoms with Gasteiger partial charge < -0.3 is 5.32 Å². The Morgan fingerprint density at radius 3 is 2.76 bits per heavy atom. The van der Waals surface area contributed by atoms with E-state index >= 15 is 0 Å². The van der Waals surface area contributed by atoms with Gasteiger partial charge in [-0.2, -0.15) is 0 Å². The Hall–Kier alpha value is -2.16. The fourth-order valence-corrected chi connectivity index (χ4v) is 2.69. The highest BCUT2D eigenvalue weighted by Crippen LogP contribution is 2.20. The second-order valence-corrected chi connectivity index (χ2v) is 6.56. The van der Waals surface area contributed by atoms with Crippen molar-refractivity contribution in [1.82, 2.24) is 10.3 Å². The maximum Gasteiger partial charge on any atom is 0.0874 e. The van der Waals surface area contributed by atoms with E-state index in [-0.39, 0.29) is 11.0 Å². The predicted octanol–water partition coefficient (Wildman–Crippen LogP) is 1.69. The zero-order valence-electron chi connectivity index (χ0n) is 12.8. The zero-order valence-corrected chi connectivity index (χ0v) is 12.8. The number of rotatable bonds is 2. The first-order valence-corrected chi connectivity index (χ1v) is 7.32. The van der Waals surface area contributed by atoms with Gasteiger partial charge in [-0.05, 0) is 30.4 Å². The number of fused-ring (bicyclic) bond motifs is 1. The highest BCUT2D eigenvalue weighted by molar-refractivity contribution is 5.59. The monoisotopic (exact) mass is 279 g/mol. The highest BCUT2D eigenvalue weighted by Gasteiger charge is 2.22. The van der Waals surface area contributed by atoms with E-state index in [0.717, 1.165) is 17.5 Å². The highest BCUT2D eigenvalue weighted by atomic mass is 15.0. The Kier molecular flexibility index (Phi) is 3.28. The van der Waals surface area contributed by atoms with Crippen molar-refractivity contribution >= 4 is 18.5 Å². The van der Waals surface area contributed by atoms with Gasteiger partial charge in [0.05, 0.1) is 17.2 Å². The molecule has 0 spiro atoms. The van der Waals surface area contributed by atoms with Crippen LogP contribution in [0.4, 0.5) is 0 Å². The molecule has 1 aromatic rings. The van der Waals surface area contributed by atoms with E-state index in [2.05, 4.69) is 73.6 Å². The fourth-order valence-electron chi connectivity index (χ4n) is 2.69. The van der Waals surface area contributed by atoms with Crippen molar-refractivity contribution in [3.05, 3.63) is 52.8 Å². The summed E-state index contributed by atoms with van der Waals surface area (Å²) in [5.41, 5.74) is 0.924. The van der Waals surface area contributed by atoms with Crippen molar-refractivity contribution in [2.45, 2.75) is 32.7 Å². The minimum atomic E-state index is -0.212. The van der Waals surface area contributed by atoms with Crippen LogP contribution >= 0.6 is 0 Å². The van der Waals surface area contributed by atoms with Gasteiger partial charge in [0.15, 0.2) is 0 Å². The van der Waals surface area contributed by atoms with E-state index in [1.54, 1.807) is 6.34 Å². The van der Waals surface area contributed by atoms with Gasteiger partial charge in [0, 0.05) is 23.7 Å². The second kappa shape index (κ2) is 4.99.